The predicted molar refractivity (Wildman–Crippen MR) is 86.3 cm³/mol. The Morgan fingerprint density at radius 3 is 2.67 bits per heavy atom. The number of hydrogen-bond acceptors (Lipinski definition) is 4. The molecule has 0 aliphatic rings. The molecule has 5 heteroatoms. The van der Waals surface area contributed by atoms with E-state index < -0.39 is 0 Å². The van der Waals surface area contributed by atoms with Crippen molar-refractivity contribution in [3.8, 4) is 11.4 Å². The van der Waals surface area contributed by atoms with Crippen LogP contribution in [0.1, 0.15) is 0 Å². The van der Waals surface area contributed by atoms with Gasteiger partial charge in [0.05, 0.1) is 5.52 Å². The van der Waals surface area contributed by atoms with E-state index in [1.807, 2.05) is 30.5 Å². The molecule has 0 aliphatic heterocycles. The van der Waals surface area contributed by atoms with Gasteiger partial charge in [-0.05, 0) is 24.5 Å². The average molecular weight is 299 g/mol. The zero-order valence-corrected chi connectivity index (χ0v) is 12.5. The summed E-state index contributed by atoms with van der Waals surface area (Å²) in [6.07, 6.45) is 2.01. The Labute approximate surface area is 126 Å². The Morgan fingerprint density at radius 1 is 1.10 bits per heavy atom. The molecule has 0 bridgehead atoms. The first-order valence-electron chi connectivity index (χ1n) is 6.51. The lowest BCUT2D eigenvalue weighted by molar-refractivity contribution is 0.629. The zero-order chi connectivity index (χ0) is 14.8. The van der Waals surface area contributed by atoms with Crippen molar-refractivity contribution in [2.24, 2.45) is 0 Å². The average Bonchev–Trinajstić information content (AvgIpc) is 2.53. The normalized spacial score (nSPS) is 10.8. The van der Waals surface area contributed by atoms with Gasteiger partial charge < -0.3 is 5.32 Å². The lowest BCUT2D eigenvalue weighted by atomic mass is 10.1. The first-order valence-corrected chi connectivity index (χ1v) is 7.74. The molecule has 0 saturated heterocycles. The second kappa shape index (κ2) is 5.69. The number of anilines is 1. The van der Waals surface area contributed by atoms with Gasteiger partial charge in [-0.1, -0.05) is 18.2 Å². The van der Waals surface area contributed by atoms with Crippen LogP contribution < -0.4 is 5.32 Å². The van der Waals surface area contributed by atoms with E-state index >= 15 is 0 Å². The molecular weight excluding hydrogens is 285 g/mol. The molecule has 0 unspecified atom stereocenters. The van der Waals surface area contributed by atoms with Crippen LogP contribution in [0.15, 0.2) is 47.4 Å². The molecule has 1 N–H and O–H groups in total. The van der Waals surface area contributed by atoms with Crippen molar-refractivity contribution >= 4 is 28.5 Å². The number of nitrogens with zero attached hydrogens (tertiary/aromatic N) is 2. The molecule has 0 radical (unpaired) electrons. The monoisotopic (exact) mass is 299 g/mol. The van der Waals surface area contributed by atoms with Crippen LogP contribution >= 0.6 is 11.8 Å². The summed E-state index contributed by atoms with van der Waals surface area (Å²) < 4.78 is 13.5. The van der Waals surface area contributed by atoms with E-state index in [4.69, 9.17) is 0 Å². The largest absolute Gasteiger partial charge is 0.373 e. The molecule has 3 aromatic rings. The lowest BCUT2D eigenvalue weighted by Crippen LogP contribution is -1.99. The fourth-order valence-corrected chi connectivity index (χ4v) is 2.84. The highest BCUT2D eigenvalue weighted by molar-refractivity contribution is 7.98. The number of hydrogen-bond donors (Lipinski definition) is 1. The van der Waals surface area contributed by atoms with Gasteiger partial charge in [0, 0.05) is 29.0 Å². The molecule has 21 heavy (non-hydrogen) atoms. The molecular formula is C16H14FN3S. The number of halogens is 1. The fourth-order valence-electron chi connectivity index (χ4n) is 2.24. The molecule has 106 valence electrons. The summed E-state index contributed by atoms with van der Waals surface area (Å²) in [6, 6.07) is 12.5. The summed E-state index contributed by atoms with van der Waals surface area (Å²) in [4.78, 5) is 10.2. The number of aromatic nitrogens is 2. The molecule has 2 aromatic carbocycles. The van der Waals surface area contributed by atoms with Gasteiger partial charge in [0.15, 0.2) is 5.82 Å². The topological polar surface area (TPSA) is 37.8 Å². The van der Waals surface area contributed by atoms with Crippen LogP contribution in [0.5, 0.6) is 0 Å². The van der Waals surface area contributed by atoms with Crippen LogP contribution in [0.4, 0.5) is 10.2 Å². The second-order valence-electron chi connectivity index (χ2n) is 4.51. The number of thioether (sulfide) groups is 1. The minimum Gasteiger partial charge on any atom is -0.373 e. The molecule has 0 amide bonds. The number of benzene rings is 2. The summed E-state index contributed by atoms with van der Waals surface area (Å²) in [5.41, 5.74) is 1.55. The highest BCUT2D eigenvalue weighted by atomic mass is 32.2. The molecule has 0 spiro atoms. The van der Waals surface area contributed by atoms with Crippen molar-refractivity contribution in [2.75, 3.05) is 18.6 Å². The molecule has 3 rings (SSSR count). The summed E-state index contributed by atoms with van der Waals surface area (Å²) in [7, 11) is 1.80. The van der Waals surface area contributed by atoms with E-state index in [2.05, 4.69) is 15.3 Å². The van der Waals surface area contributed by atoms with Crippen molar-refractivity contribution in [3.63, 3.8) is 0 Å². The fraction of sp³-hybridized carbons (Fsp3) is 0.125. The van der Waals surface area contributed by atoms with Gasteiger partial charge in [0.25, 0.3) is 0 Å². The van der Waals surface area contributed by atoms with Gasteiger partial charge >= 0.3 is 0 Å². The lowest BCUT2D eigenvalue weighted by Gasteiger charge is -2.10. The highest BCUT2D eigenvalue weighted by Gasteiger charge is 2.11. The summed E-state index contributed by atoms with van der Waals surface area (Å²) in [6.45, 7) is 0. The summed E-state index contributed by atoms with van der Waals surface area (Å²) in [5.74, 6) is 1.00. The number of rotatable bonds is 3. The second-order valence-corrected chi connectivity index (χ2v) is 5.36. The third kappa shape index (κ3) is 2.56. The molecule has 0 fully saturated rings. The van der Waals surface area contributed by atoms with Crippen LogP contribution in [0.2, 0.25) is 0 Å². The molecule has 0 atom stereocenters. The third-order valence-electron chi connectivity index (χ3n) is 3.24. The van der Waals surface area contributed by atoms with Crippen molar-refractivity contribution in [3.05, 3.63) is 48.3 Å². The maximum Gasteiger partial charge on any atom is 0.163 e. The van der Waals surface area contributed by atoms with E-state index in [1.54, 1.807) is 24.9 Å². The number of nitrogens with one attached hydrogen (secondary N) is 1. The van der Waals surface area contributed by atoms with Gasteiger partial charge in [0.2, 0.25) is 0 Å². The maximum atomic E-state index is 13.5. The molecule has 0 saturated carbocycles. The first-order chi connectivity index (χ1) is 10.2. The van der Waals surface area contributed by atoms with Crippen molar-refractivity contribution in [1.29, 1.82) is 0 Å². The van der Waals surface area contributed by atoms with Crippen molar-refractivity contribution in [1.82, 2.24) is 9.97 Å². The smallest absolute Gasteiger partial charge is 0.163 e. The Morgan fingerprint density at radius 2 is 1.90 bits per heavy atom. The van der Waals surface area contributed by atoms with Gasteiger partial charge in [-0.2, -0.15) is 0 Å². The predicted octanol–water partition coefficient (Wildman–Crippen LogP) is 4.20. The van der Waals surface area contributed by atoms with Gasteiger partial charge in [-0.3, -0.25) is 0 Å². The summed E-state index contributed by atoms with van der Waals surface area (Å²) in [5, 5.41) is 3.87. The van der Waals surface area contributed by atoms with E-state index in [9.17, 15) is 4.39 Å². The first kappa shape index (κ1) is 13.8. The van der Waals surface area contributed by atoms with Gasteiger partial charge in [-0.25, -0.2) is 14.4 Å². The zero-order valence-electron chi connectivity index (χ0n) is 11.7. The van der Waals surface area contributed by atoms with E-state index in [1.165, 1.54) is 12.1 Å². The highest BCUT2D eigenvalue weighted by Crippen LogP contribution is 2.30. The Bertz CT molecular complexity index is 805. The Hall–Kier alpha value is -2.14. The molecule has 1 heterocycles. The van der Waals surface area contributed by atoms with Gasteiger partial charge in [0.1, 0.15) is 11.6 Å². The Kier molecular flexibility index (Phi) is 3.75. The summed E-state index contributed by atoms with van der Waals surface area (Å²) >= 11 is 1.64. The maximum absolute atomic E-state index is 13.5. The molecule has 1 aromatic heterocycles. The van der Waals surface area contributed by atoms with Crippen molar-refractivity contribution < 1.29 is 4.39 Å². The van der Waals surface area contributed by atoms with Crippen LogP contribution in [0.3, 0.4) is 0 Å². The van der Waals surface area contributed by atoms with E-state index in [0.717, 1.165) is 15.8 Å². The van der Waals surface area contributed by atoms with Crippen LogP contribution in [-0.4, -0.2) is 23.3 Å². The minimum absolute atomic E-state index is 0.299. The molecule has 3 nitrogen and oxygen atoms in total. The Balaban J connectivity index is 2.28. The number of fused-ring (bicyclic) bond motifs is 1. The minimum atomic E-state index is -0.299. The SMILES string of the molecule is CNc1nc(-c2ccccc2SC)nc2cc(F)ccc12. The van der Waals surface area contributed by atoms with Crippen LogP contribution in [-0.2, 0) is 0 Å². The van der Waals surface area contributed by atoms with Crippen LogP contribution in [0, 0.1) is 5.82 Å². The van der Waals surface area contributed by atoms with Crippen LogP contribution in [0.25, 0.3) is 22.3 Å². The quantitative estimate of drug-likeness (QED) is 0.736. The third-order valence-corrected chi connectivity index (χ3v) is 4.04. The standard InChI is InChI=1S/C16H14FN3S/c1-18-15-11-8-7-10(17)9-13(11)19-16(20-15)12-5-3-4-6-14(12)21-2/h3-9H,1-2H3,(H,18,19,20). The van der Waals surface area contributed by atoms with Crippen molar-refractivity contribution in [2.45, 2.75) is 4.90 Å². The van der Waals surface area contributed by atoms with E-state index in [0.29, 0.717) is 17.2 Å². The van der Waals surface area contributed by atoms with E-state index in [-0.39, 0.29) is 5.82 Å². The molecule has 0 aliphatic carbocycles. The van der Waals surface area contributed by atoms with Gasteiger partial charge in [-0.15, -0.1) is 11.8 Å².